The topological polar surface area (TPSA) is 29.1 Å². The highest BCUT2D eigenvalue weighted by Crippen LogP contribution is 2.37. The van der Waals surface area contributed by atoms with E-state index in [0.29, 0.717) is 6.42 Å². The molecule has 2 aromatic carbocycles. The van der Waals surface area contributed by atoms with E-state index in [2.05, 4.69) is 5.32 Å². The van der Waals surface area contributed by atoms with Crippen LogP contribution in [0.2, 0.25) is 5.02 Å². The SMILES string of the molecule is Cc1cccc2c1NC(=O)[C@@H]2Cc1ccccc1Cl. The molecular weight excluding hydrogens is 258 g/mol. The van der Waals surface area contributed by atoms with Crippen LogP contribution in [-0.4, -0.2) is 5.91 Å². The van der Waals surface area contributed by atoms with E-state index in [1.807, 2.05) is 49.4 Å². The fraction of sp³-hybridized carbons (Fsp3) is 0.188. The molecule has 1 heterocycles. The first-order valence-electron chi connectivity index (χ1n) is 6.30. The first-order valence-corrected chi connectivity index (χ1v) is 6.68. The number of fused-ring (bicyclic) bond motifs is 1. The smallest absolute Gasteiger partial charge is 0.232 e. The van der Waals surface area contributed by atoms with E-state index in [4.69, 9.17) is 11.6 Å². The number of carbonyl (C=O) groups is 1. The van der Waals surface area contributed by atoms with Crippen molar-refractivity contribution in [3.63, 3.8) is 0 Å². The van der Waals surface area contributed by atoms with Gasteiger partial charge in [-0.15, -0.1) is 0 Å². The predicted octanol–water partition coefficient (Wildman–Crippen LogP) is 3.93. The lowest BCUT2D eigenvalue weighted by molar-refractivity contribution is -0.117. The lowest BCUT2D eigenvalue weighted by atomic mass is 9.92. The third-order valence-corrected chi connectivity index (χ3v) is 4.00. The van der Waals surface area contributed by atoms with Crippen molar-refractivity contribution >= 4 is 23.2 Å². The standard InChI is InChI=1S/C16H14ClNO/c1-10-5-4-7-12-13(16(19)18-15(10)12)9-11-6-2-3-8-14(11)17/h2-8,13H,9H2,1H3,(H,18,19)/t13-/m1/s1. The van der Waals surface area contributed by atoms with Crippen LogP contribution in [0.1, 0.15) is 22.6 Å². The van der Waals surface area contributed by atoms with Crippen molar-refractivity contribution in [1.29, 1.82) is 0 Å². The Morgan fingerprint density at radius 3 is 2.74 bits per heavy atom. The largest absolute Gasteiger partial charge is 0.325 e. The van der Waals surface area contributed by atoms with E-state index in [0.717, 1.165) is 27.4 Å². The first kappa shape index (κ1) is 12.2. The summed E-state index contributed by atoms with van der Waals surface area (Å²) in [5.41, 5.74) is 4.15. The summed E-state index contributed by atoms with van der Waals surface area (Å²) in [6, 6.07) is 13.7. The van der Waals surface area contributed by atoms with Crippen molar-refractivity contribution in [3.8, 4) is 0 Å². The van der Waals surface area contributed by atoms with Gasteiger partial charge in [-0.1, -0.05) is 48.0 Å². The fourth-order valence-electron chi connectivity index (χ4n) is 2.59. The lowest BCUT2D eigenvalue weighted by Crippen LogP contribution is -2.14. The molecule has 2 aromatic rings. The molecule has 2 nitrogen and oxygen atoms in total. The van der Waals surface area contributed by atoms with Crippen molar-refractivity contribution in [2.75, 3.05) is 5.32 Å². The molecule has 0 unspecified atom stereocenters. The van der Waals surface area contributed by atoms with E-state index >= 15 is 0 Å². The molecule has 0 radical (unpaired) electrons. The van der Waals surface area contributed by atoms with Gasteiger partial charge in [0.25, 0.3) is 0 Å². The molecule has 3 rings (SSSR count). The molecule has 1 aliphatic heterocycles. The number of para-hydroxylation sites is 1. The zero-order valence-corrected chi connectivity index (χ0v) is 11.4. The summed E-state index contributed by atoms with van der Waals surface area (Å²) >= 11 is 6.18. The monoisotopic (exact) mass is 271 g/mol. The summed E-state index contributed by atoms with van der Waals surface area (Å²) in [5.74, 6) is -0.0842. The molecule has 0 bridgehead atoms. The van der Waals surface area contributed by atoms with Gasteiger partial charge in [-0.05, 0) is 36.1 Å². The molecule has 0 saturated carbocycles. The van der Waals surface area contributed by atoms with Gasteiger partial charge in [0, 0.05) is 10.7 Å². The highest BCUT2D eigenvalue weighted by molar-refractivity contribution is 6.31. The Morgan fingerprint density at radius 2 is 1.95 bits per heavy atom. The third-order valence-electron chi connectivity index (χ3n) is 3.63. The van der Waals surface area contributed by atoms with E-state index < -0.39 is 0 Å². The number of halogens is 1. The van der Waals surface area contributed by atoms with Crippen molar-refractivity contribution in [2.24, 2.45) is 0 Å². The van der Waals surface area contributed by atoms with Gasteiger partial charge in [0.15, 0.2) is 0 Å². The van der Waals surface area contributed by atoms with Crippen molar-refractivity contribution in [3.05, 3.63) is 64.2 Å². The van der Waals surface area contributed by atoms with Gasteiger partial charge in [0.2, 0.25) is 5.91 Å². The Hall–Kier alpha value is -1.80. The number of rotatable bonds is 2. The Morgan fingerprint density at radius 1 is 1.16 bits per heavy atom. The van der Waals surface area contributed by atoms with Crippen LogP contribution in [0.3, 0.4) is 0 Å². The summed E-state index contributed by atoms with van der Waals surface area (Å²) in [6.45, 7) is 2.01. The maximum absolute atomic E-state index is 12.1. The van der Waals surface area contributed by atoms with Gasteiger partial charge in [0.1, 0.15) is 0 Å². The molecule has 3 heteroatoms. The molecule has 0 aliphatic carbocycles. The zero-order valence-electron chi connectivity index (χ0n) is 10.6. The van der Waals surface area contributed by atoms with Crippen LogP contribution >= 0.6 is 11.6 Å². The number of aryl methyl sites for hydroxylation is 1. The van der Waals surface area contributed by atoms with Gasteiger partial charge >= 0.3 is 0 Å². The lowest BCUT2D eigenvalue weighted by Gasteiger charge is -2.10. The van der Waals surface area contributed by atoms with Gasteiger partial charge in [-0.25, -0.2) is 0 Å². The first-order chi connectivity index (χ1) is 9.16. The molecule has 1 amide bonds. The summed E-state index contributed by atoms with van der Waals surface area (Å²) < 4.78 is 0. The van der Waals surface area contributed by atoms with Gasteiger partial charge < -0.3 is 5.32 Å². The van der Waals surface area contributed by atoms with Crippen LogP contribution in [-0.2, 0) is 11.2 Å². The Labute approximate surface area is 117 Å². The quantitative estimate of drug-likeness (QED) is 0.881. The molecule has 0 fully saturated rings. The highest BCUT2D eigenvalue weighted by Gasteiger charge is 2.31. The molecule has 19 heavy (non-hydrogen) atoms. The number of hydrogen-bond acceptors (Lipinski definition) is 1. The van der Waals surface area contributed by atoms with Crippen molar-refractivity contribution in [1.82, 2.24) is 0 Å². The van der Waals surface area contributed by atoms with Crippen LogP contribution in [0, 0.1) is 6.92 Å². The minimum Gasteiger partial charge on any atom is -0.325 e. The fourth-order valence-corrected chi connectivity index (χ4v) is 2.80. The predicted molar refractivity (Wildman–Crippen MR) is 77.7 cm³/mol. The number of nitrogens with one attached hydrogen (secondary N) is 1. The number of anilines is 1. The summed E-state index contributed by atoms with van der Waals surface area (Å²) in [4.78, 5) is 12.1. The number of hydrogen-bond donors (Lipinski definition) is 1. The van der Waals surface area contributed by atoms with Gasteiger partial charge in [-0.3, -0.25) is 4.79 Å². The number of amides is 1. The molecular formula is C16H14ClNO. The second kappa shape index (κ2) is 4.71. The molecule has 1 N–H and O–H groups in total. The highest BCUT2D eigenvalue weighted by atomic mass is 35.5. The average molecular weight is 272 g/mol. The second-order valence-corrected chi connectivity index (χ2v) is 5.28. The zero-order chi connectivity index (χ0) is 13.4. The third kappa shape index (κ3) is 2.13. The molecule has 1 atom stereocenters. The maximum atomic E-state index is 12.1. The Kier molecular flexibility index (Phi) is 3.03. The van der Waals surface area contributed by atoms with Crippen LogP contribution in [0.15, 0.2) is 42.5 Å². The molecule has 0 saturated heterocycles. The van der Waals surface area contributed by atoms with Gasteiger partial charge in [-0.2, -0.15) is 0 Å². The van der Waals surface area contributed by atoms with Gasteiger partial charge in [0.05, 0.1) is 5.92 Å². The summed E-state index contributed by atoms with van der Waals surface area (Å²) in [7, 11) is 0. The van der Waals surface area contributed by atoms with E-state index in [-0.39, 0.29) is 11.8 Å². The average Bonchev–Trinajstić information content (AvgIpc) is 2.71. The molecule has 0 spiro atoms. The van der Waals surface area contributed by atoms with Crippen molar-refractivity contribution < 1.29 is 4.79 Å². The molecule has 1 aliphatic rings. The Bertz CT molecular complexity index is 651. The number of benzene rings is 2. The molecule has 96 valence electrons. The van der Waals surface area contributed by atoms with Crippen LogP contribution in [0.4, 0.5) is 5.69 Å². The van der Waals surface area contributed by atoms with E-state index in [9.17, 15) is 4.79 Å². The van der Waals surface area contributed by atoms with E-state index in [1.165, 1.54) is 0 Å². The normalized spacial score (nSPS) is 17.2. The number of carbonyl (C=O) groups excluding carboxylic acids is 1. The van der Waals surface area contributed by atoms with Crippen LogP contribution < -0.4 is 5.32 Å². The molecule has 0 aromatic heterocycles. The maximum Gasteiger partial charge on any atom is 0.232 e. The Balaban J connectivity index is 1.97. The summed E-state index contributed by atoms with van der Waals surface area (Å²) in [5, 5.41) is 3.69. The van der Waals surface area contributed by atoms with Crippen molar-refractivity contribution in [2.45, 2.75) is 19.3 Å². The van der Waals surface area contributed by atoms with Crippen LogP contribution in [0.25, 0.3) is 0 Å². The second-order valence-electron chi connectivity index (χ2n) is 4.88. The van der Waals surface area contributed by atoms with Crippen LogP contribution in [0.5, 0.6) is 0 Å². The minimum absolute atomic E-state index is 0.0595. The summed E-state index contributed by atoms with van der Waals surface area (Å²) in [6.07, 6.45) is 0.641. The van der Waals surface area contributed by atoms with E-state index in [1.54, 1.807) is 0 Å². The minimum atomic E-state index is -0.144.